The smallest absolute Gasteiger partial charge is 0.303 e. The summed E-state index contributed by atoms with van der Waals surface area (Å²) in [5.74, 6) is 0. The van der Waals surface area contributed by atoms with E-state index in [0.717, 1.165) is 0 Å². The Morgan fingerprint density at radius 2 is 1.69 bits per heavy atom. The van der Waals surface area contributed by atoms with Gasteiger partial charge in [-0.3, -0.25) is 0 Å². The van der Waals surface area contributed by atoms with Gasteiger partial charge in [0, 0.05) is 0 Å². The van der Waals surface area contributed by atoms with Crippen molar-refractivity contribution >= 4 is 0 Å². The molecule has 0 spiro atoms. The topological polar surface area (TPSA) is 12.0 Å². The molecule has 1 N–H and O–H groups in total. The van der Waals surface area contributed by atoms with E-state index in [1.807, 2.05) is 0 Å². The first-order chi connectivity index (χ1) is 5.71. The molecule has 1 heterocycles. The van der Waals surface area contributed by atoms with Crippen LogP contribution in [0.3, 0.4) is 0 Å². The van der Waals surface area contributed by atoms with Crippen molar-refractivity contribution in [3.8, 4) is 0 Å². The maximum atomic E-state index is 12.8. The third kappa shape index (κ3) is 1.56. The van der Waals surface area contributed by atoms with Crippen molar-refractivity contribution in [1.29, 1.82) is 0 Å². The highest BCUT2D eigenvalue weighted by Gasteiger charge is 2.62. The summed E-state index contributed by atoms with van der Waals surface area (Å²) >= 11 is 0. The Kier molecular flexibility index (Phi) is 2.39. The zero-order chi connectivity index (χ0) is 10.3. The average molecular weight is 195 g/mol. The molecule has 0 aliphatic carbocycles. The largest absolute Gasteiger partial charge is 0.407 e. The fraction of sp³-hybridized carbons (Fsp3) is 1.00. The Hall–Kier alpha value is -0.250. The van der Waals surface area contributed by atoms with Crippen molar-refractivity contribution in [2.75, 3.05) is 6.54 Å². The molecule has 1 fully saturated rings. The third-order valence-electron chi connectivity index (χ3n) is 2.92. The second-order valence-electron chi connectivity index (χ2n) is 4.68. The molecule has 0 aromatic heterocycles. The molecule has 1 atom stereocenters. The van der Waals surface area contributed by atoms with Gasteiger partial charge < -0.3 is 5.32 Å². The predicted octanol–water partition coefficient (Wildman–Crippen LogP) is 2.72. The SMILES string of the molecule is CC(C)(C)C1(C(F)(F)F)CCCN1. The molecule has 0 bridgehead atoms. The lowest BCUT2D eigenvalue weighted by Crippen LogP contribution is -2.61. The average Bonchev–Trinajstić information content (AvgIpc) is 2.28. The van der Waals surface area contributed by atoms with Gasteiger partial charge in [-0.1, -0.05) is 20.8 Å². The van der Waals surface area contributed by atoms with Gasteiger partial charge in [0.25, 0.3) is 0 Å². The van der Waals surface area contributed by atoms with E-state index < -0.39 is 17.1 Å². The fourth-order valence-corrected chi connectivity index (χ4v) is 2.05. The van der Waals surface area contributed by atoms with E-state index in [4.69, 9.17) is 0 Å². The maximum Gasteiger partial charge on any atom is 0.407 e. The lowest BCUT2D eigenvalue weighted by Gasteiger charge is -2.43. The van der Waals surface area contributed by atoms with E-state index >= 15 is 0 Å². The van der Waals surface area contributed by atoms with Crippen molar-refractivity contribution < 1.29 is 13.2 Å². The molecule has 1 aliphatic heterocycles. The molecule has 13 heavy (non-hydrogen) atoms. The predicted molar refractivity (Wildman–Crippen MR) is 45.5 cm³/mol. The van der Waals surface area contributed by atoms with Gasteiger partial charge in [-0.25, -0.2) is 0 Å². The van der Waals surface area contributed by atoms with Crippen LogP contribution in [0.4, 0.5) is 13.2 Å². The summed E-state index contributed by atoms with van der Waals surface area (Å²) in [7, 11) is 0. The van der Waals surface area contributed by atoms with Gasteiger partial charge in [0.15, 0.2) is 0 Å². The summed E-state index contributed by atoms with van der Waals surface area (Å²) in [4.78, 5) is 0. The summed E-state index contributed by atoms with van der Waals surface area (Å²) in [5, 5.41) is 2.62. The van der Waals surface area contributed by atoms with Crippen molar-refractivity contribution in [3.63, 3.8) is 0 Å². The van der Waals surface area contributed by atoms with Crippen LogP contribution in [-0.2, 0) is 0 Å². The summed E-state index contributed by atoms with van der Waals surface area (Å²) in [6, 6.07) is 0. The van der Waals surface area contributed by atoms with Gasteiger partial charge in [-0.15, -0.1) is 0 Å². The van der Waals surface area contributed by atoms with Crippen LogP contribution in [0.15, 0.2) is 0 Å². The Bertz CT molecular complexity index is 168. The van der Waals surface area contributed by atoms with Crippen LogP contribution in [0.5, 0.6) is 0 Å². The standard InChI is InChI=1S/C9H16F3N/c1-7(2,3)8(9(10,11)12)5-4-6-13-8/h13H,4-6H2,1-3H3. The van der Waals surface area contributed by atoms with Gasteiger partial charge >= 0.3 is 6.18 Å². The molecule has 0 radical (unpaired) electrons. The Balaban J connectivity index is 3.02. The second-order valence-corrected chi connectivity index (χ2v) is 4.68. The fourth-order valence-electron chi connectivity index (χ4n) is 2.05. The highest BCUT2D eigenvalue weighted by atomic mass is 19.4. The molecule has 0 aromatic rings. The van der Waals surface area contributed by atoms with Crippen molar-refractivity contribution in [3.05, 3.63) is 0 Å². The molecule has 0 saturated carbocycles. The van der Waals surface area contributed by atoms with Crippen LogP contribution in [0.25, 0.3) is 0 Å². The van der Waals surface area contributed by atoms with Crippen LogP contribution in [0.1, 0.15) is 33.6 Å². The van der Waals surface area contributed by atoms with Crippen molar-refractivity contribution in [1.82, 2.24) is 5.32 Å². The van der Waals surface area contributed by atoms with E-state index in [1.54, 1.807) is 20.8 Å². The molecule has 1 saturated heterocycles. The molecule has 1 aliphatic rings. The molecule has 4 heteroatoms. The molecule has 0 aromatic carbocycles. The van der Waals surface area contributed by atoms with Gasteiger partial charge in [-0.2, -0.15) is 13.2 Å². The van der Waals surface area contributed by atoms with E-state index in [-0.39, 0.29) is 6.42 Å². The first-order valence-electron chi connectivity index (χ1n) is 4.52. The molecule has 1 unspecified atom stereocenters. The van der Waals surface area contributed by atoms with Gasteiger partial charge in [0.2, 0.25) is 0 Å². The summed E-state index contributed by atoms with van der Waals surface area (Å²) in [6.45, 7) is 5.38. The zero-order valence-electron chi connectivity index (χ0n) is 8.26. The first-order valence-corrected chi connectivity index (χ1v) is 4.52. The van der Waals surface area contributed by atoms with Crippen LogP contribution in [0.2, 0.25) is 0 Å². The number of halogens is 3. The summed E-state index contributed by atoms with van der Waals surface area (Å²) in [6.07, 6.45) is -3.35. The highest BCUT2D eigenvalue weighted by molar-refractivity contribution is 5.06. The Labute approximate surface area is 76.7 Å². The van der Waals surface area contributed by atoms with Crippen LogP contribution in [-0.4, -0.2) is 18.3 Å². The molecule has 78 valence electrons. The van der Waals surface area contributed by atoms with Gasteiger partial charge in [0.05, 0.1) is 0 Å². The lowest BCUT2D eigenvalue weighted by atomic mass is 9.72. The Morgan fingerprint density at radius 3 is 1.85 bits per heavy atom. The van der Waals surface area contributed by atoms with Crippen LogP contribution < -0.4 is 5.32 Å². The minimum Gasteiger partial charge on any atom is -0.303 e. The third-order valence-corrected chi connectivity index (χ3v) is 2.92. The number of alkyl halides is 3. The number of hydrogen-bond donors (Lipinski definition) is 1. The maximum absolute atomic E-state index is 12.8. The second kappa shape index (κ2) is 2.87. The first kappa shape index (κ1) is 10.8. The number of hydrogen-bond acceptors (Lipinski definition) is 1. The van der Waals surface area contributed by atoms with Gasteiger partial charge in [-0.05, 0) is 24.8 Å². The number of nitrogens with one attached hydrogen (secondary N) is 1. The molecule has 0 amide bonds. The normalized spacial score (nSPS) is 30.9. The van der Waals surface area contributed by atoms with Crippen molar-refractivity contribution in [2.24, 2.45) is 5.41 Å². The quantitative estimate of drug-likeness (QED) is 0.626. The molecular weight excluding hydrogens is 179 g/mol. The van der Waals surface area contributed by atoms with E-state index in [9.17, 15) is 13.2 Å². The van der Waals surface area contributed by atoms with E-state index in [0.29, 0.717) is 13.0 Å². The van der Waals surface area contributed by atoms with E-state index in [1.165, 1.54) is 0 Å². The highest BCUT2D eigenvalue weighted by Crippen LogP contribution is 2.48. The Morgan fingerprint density at radius 1 is 1.15 bits per heavy atom. The van der Waals surface area contributed by atoms with Crippen molar-refractivity contribution in [2.45, 2.75) is 45.3 Å². The summed E-state index contributed by atoms with van der Waals surface area (Å²) < 4.78 is 38.5. The molecule has 1 nitrogen and oxygen atoms in total. The minimum atomic E-state index is -4.15. The van der Waals surface area contributed by atoms with Crippen LogP contribution >= 0.6 is 0 Å². The zero-order valence-corrected chi connectivity index (χ0v) is 8.26. The number of rotatable bonds is 0. The monoisotopic (exact) mass is 195 g/mol. The summed E-state index contributed by atoms with van der Waals surface area (Å²) in [5.41, 5.74) is -2.46. The lowest BCUT2D eigenvalue weighted by molar-refractivity contribution is -0.220. The van der Waals surface area contributed by atoms with E-state index in [2.05, 4.69) is 5.32 Å². The minimum absolute atomic E-state index is 0.194. The van der Waals surface area contributed by atoms with Gasteiger partial charge in [0.1, 0.15) is 5.54 Å². The van der Waals surface area contributed by atoms with Crippen LogP contribution in [0, 0.1) is 5.41 Å². The molecular formula is C9H16F3N. The molecule has 1 rings (SSSR count).